The second kappa shape index (κ2) is 9.47. The average molecular weight is 465 g/mol. The van der Waals surface area contributed by atoms with Gasteiger partial charge in [-0.1, -0.05) is 66.5 Å². The van der Waals surface area contributed by atoms with Gasteiger partial charge in [-0.25, -0.2) is 4.98 Å². The minimum absolute atomic E-state index is 0.137. The number of carbonyl (C=O) groups is 1. The Hall–Kier alpha value is -3.27. The SMILES string of the molecule is C=CCN1C(=O)/C(=C/c2c(NC[C@H](O)c3ccccc3)nc3ccccn3c2=O)SC1=S. The Kier molecular flexibility index (Phi) is 6.50. The number of hydrogen-bond donors (Lipinski definition) is 2. The summed E-state index contributed by atoms with van der Waals surface area (Å²) in [5, 5.41) is 13.6. The summed E-state index contributed by atoms with van der Waals surface area (Å²) in [5.74, 6) is -0.00195. The van der Waals surface area contributed by atoms with Crippen molar-refractivity contribution in [2.24, 2.45) is 0 Å². The third kappa shape index (κ3) is 4.36. The van der Waals surface area contributed by atoms with Crippen molar-refractivity contribution in [3.63, 3.8) is 0 Å². The first kappa shape index (κ1) is 21.9. The lowest BCUT2D eigenvalue weighted by Crippen LogP contribution is -2.28. The van der Waals surface area contributed by atoms with Crippen molar-refractivity contribution in [2.45, 2.75) is 6.10 Å². The first-order valence-electron chi connectivity index (χ1n) is 9.84. The summed E-state index contributed by atoms with van der Waals surface area (Å²) >= 11 is 6.42. The van der Waals surface area contributed by atoms with Gasteiger partial charge in [0.1, 0.15) is 15.8 Å². The van der Waals surface area contributed by atoms with Gasteiger partial charge < -0.3 is 10.4 Å². The number of benzene rings is 1. The molecule has 3 heterocycles. The van der Waals surface area contributed by atoms with E-state index in [9.17, 15) is 14.7 Å². The Labute approximate surface area is 194 Å². The van der Waals surface area contributed by atoms with Crippen molar-refractivity contribution in [3.05, 3.63) is 93.8 Å². The van der Waals surface area contributed by atoms with Crippen LogP contribution in [0.4, 0.5) is 5.82 Å². The summed E-state index contributed by atoms with van der Waals surface area (Å²) in [7, 11) is 0. The van der Waals surface area contributed by atoms with E-state index in [1.165, 1.54) is 15.4 Å². The fourth-order valence-corrected chi connectivity index (χ4v) is 4.53. The standard InChI is InChI=1S/C23H20N4O3S2/c1-2-11-27-22(30)18(32-23(27)31)13-16-20(24-14-17(28)15-8-4-3-5-9-15)25-19-10-6-7-12-26(19)21(16)29/h2-10,12-13,17,24,28H,1,11,14H2/b18-13-/t17-/m0/s1. The lowest BCUT2D eigenvalue weighted by molar-refractivity contribution is -0.121. The number of nitrogens with one attached hydrogen (secondary N) is 1. The maximum Gasteiger partial charge on any atom is 0.267 e. The molecule has 0 bridgehead atoms. The third-order valence-electron chi connectivity index (χ3n) is 4.88. The van der Waals surface area contributed by atoms with Gasteiger partial charge in [-0.2, -0.15) is 0 Å². The van der Waals surface area contributed by atoms with E-state index in [0.717, 1.165) is 17.3 Å². The number of thiocarbonyl (C=S) groups is 1. The number of hydrogen-bond acceptors (Lipinski definition) is 7. The molecule has 4 rings (SSSR count). The van der Waals surface area contributed by atoms with Crippen LogP contribution >= 0.6 is 24.0 Å². The molecule has 1 fully saturated rings. The van der Waals surface area contributed by atoms with Crippen LogP contribution in [-0.4, -0.2) is 42.7 Å². The zero-order valence-corrected chi connectivity index (χ0v) is 18.6. The lowest BCUT2D eigenvalue weighted by atomic mass is 10.1. The molecule has 0 spiro atoms. The Bertz CT molecular complexity index is 1290. The molecule has 1 aromatic carbocycles. The summed E-state index contributed by atoms with van der Waals surface area (Å²) in [6.07, 6.45) is 3.92. The number of amides is 1. The molecular formula is C23H20N4O3S2. The van der Waals surface area contributed by atoms with E-state index < -0.39 is 6.10 Å². The molecule has 9 heteroatoms. The molecular weight excluding hydrogens is 444 g/mol. The number of aliphatic hydroxyl groups is 1. The van der Waals surface area contributed by atoms with Crippen LogP contribution in [0.15, 0.2) is 77.1 Å². The number of aromatic nitrogens is 2. The normalized spacial score (nSPS) is 16.0. The van der Waals surface area contributed by atoms with Crippen LogP contribution < -0.4 is 10.9 Å². The summed E-state index contributed by atoms with van der Waals surface area (Å²) < 4.78 is 1.82. The first-order valence-corrected chi connectivity index (χ1v) is 11.1. The van der Waals surface area contributed by atoms with Crippen molar-refractivity contribution in [3.8, 4) is 0 Å². The van der Waals surface area contributed by atoms with Crippen LogP contribution in [0.25, 0.3) is 11.7 Å². The van der Waals surface area contributed by atoms with Gasteiger partial charge in [0, 0.05) is 19.3 Å². The predicted molar refractivity (Wildman–Crippen MR) is 131 cm³/mol. The maximum absolute atomic E-state index is 13.2. The highest BCUT2D eigenvalue weighted by Crippen LogP contribution is 2.33. The molecule has 3 aromatic rings. The summed E-state index contributed by atoms with van der Waals surface area (Å²) in [5.41, 5.74) is 1.07. The van der Waals surface area contributed by atoms with E-state index in [0.29, 0.717) is 21.4 Å². The quantitative estimate of drug-likeness (QED) is 0.315. The van der Waals surface area contributed by atoms with Gasteiger partial charge in [0.05, 0.1) is 16.6 Å². The van der Waals surface area contributed by atoms with Gasteiger partial charge in [0.2, 0.25) is 0 Å². The van der Waals surface area contributed by atoms with E-state index >= 15 is 0 Å². The van der Waals surface area contributed by atoms with Crippen molar-refractivity contribution in [1.29, 1.82) is 0 Å². The number of thioether (sulfide) groups is 1. The predicted octanol–water partition coefficient (Wildman–Crippen LogP) is 3.23. The van der Waals surface area contributed by atoms with Crippen LogP contribution in [-0.2, 0) is 4.79 Å². The molecule has 0 aliphatic carbocycles. The fraction of sp³-hybridized carbons (Fsp3) is 0.130. The molecule has 7 nitrogen and oxygen atoms in total. The van der Waals surface area contributed by atoms with Gasteiger partial charge in [0.15, 0.2) is 0 Å². The molecule has 162 valence electrons. The van der Waals surface area contributed by atoms with Gasteiger partial charge in [-0.15, -0.1) is 6.58 Å². The third-order valence-corrected chi connectivity index (χ3v) is 6.25. The average Bonchev–Trinajstić information content (AvgIpc) is 3.08. The van der Waals surface area contributed by atoms with Gasteiger partial charge >= 0.3 is 0 Å². The molecule has 32 heavy (non-hydrogen) atoms. The zero-order valence-electron chi connectivity index (χ0n) is 17.0. The van der Waals surface area contributed by atoms with Crippen molar-refractivity contribution >= 4 is 51.7 Å². The topological polar surface area (TPSA) is 86.9 Å². The fourth-order valence-electron chi connectivity index (χ4n) is 3.27. The molecule has 2 aromatic heterocycles. The summed E-state index contributed by atoms with van der Waals surface area (Å²) in [6.45, 7) is 4.08. The smallest absolute Gasteiger partial charge is 0.267 e. The highest BCUT2D eigenvalue weighted by atomic mass is 32.2. The van der Waals surface area contributed by atoms with Crippen LogP contribution in [0.5, 0.6) is 0 Å². The Morgan fingerprint density at radius 1 is 1.19 bits per heavy atom. The van der Waals surface area contributed by atoms with Crippen LogP contribution in [0.2, 0.25) is 0 Å². The van der Waals surface area contributed by atoms with E-state index in [4.69, 9.17) is 12.2 Å². The first-order chi connectivity index (χ1) is 15.5. The number of aliphatic hydroxyl groups excluding tert-OH is 1. The molecule has 1 atom stereocenters. The molecule has 0 unspecified atom stereocenters. The minimum Gasteiger partial charge on any atom is -0.387 e. The van der Waals surface area contributed by atoms with Crippen molar-refractivity contribution < 1.29 is 9.90 Å². The summed E-state index contributed by atoms with van der Waals surface area (Å²) in [6, 6.07) is 14.4. The highest BCUT2D eigenvalue weighted by Gasteiger charge is 2.31. The number of fused-ring (bicyclic) bond motifs is 1. The largest absolute Gasteiger partial charge is 0.387 e. The van der Waals surface area contributed by atoms with Gasteiger partial charge in [-0.3, -0.25) is 18.9 Å². The number of anilines is 1. The van der Waals surface area contributed by atoms with Gasteiger partial charge in [-0.05, 0) is 23.8 Å². The number of carbonyl (C=O) groups excluding carboxylic acids is 1. The van der Waals surface area contributed by atoms with E-state index in [2.05, 4.69) is 16.9 Å². The van der Waals surface area contributed by atoms with E-state index in [-0.39, 0.29) is 29.4 Å². The lowest BCUT2D eigenvalue weighted by Gasteiger charge is -2.15. The van der Waals surface area contributed by atoms with Crippen molar-refractivity contribution in [2.75, 3.05) is 18.4 Å². The minimum atomic E-state index is -0.800. The molecule has 2 N–H and O–H groups in total. The van der Waals surface area contributed by atoms with Crippen LogP contribution in [0, 0.1) is 0 Å². The molecule has 0 saturated carbocycles. The van der Waals surface area contributed by atoms with E-state index in [1.54, 1.807) is 30.5 Å². The second-order valence-electron chi connectivity index (χ2n) is 7.00. The highest BCUT2D eigenvalue weighted by molar-refractivity contribution is 8.26. The second-order valence-corrected chi connectivity index (χ2v) is 8.67. The number of nitrogens with zero attached hydrogens (tertiary/aromatic N) is 3. The molecule has 1 amide bonds. The van der Waals surface area contributed by atoms with Gasteiger partial charge in [0.25, 0.3) is 11.5 Å². The van der Waals surface area contributed by atoms with Crippen molar-refractivity contribution in [1.82, 2.24) is 14.3 Å². The Balaban J connectivity index is 1.73. The monoisotopic (exact) mass is 464 g/mol. The van der Waals surface area contributed by atoms with E-state index in [1.807, 2.05) is 30.3 Å². The Morgan fingerprint density at radius 3 is 2.69 bits per heavy atom. The van der Waals surface area contributed by atoms with Crippen LogP contribution in [0.3, 0.4) is 0 Å². The summed E-state index contributed by atoms with van der Waals surface area (Å²) in [4.78, 5) is 32.3. The zero-order chi connectivity index (χ0) is 22.7. The molecule has 1 aliphatic rings. The van der Waals surface area contributed by atoms with Crippen LogP contribution in [0.1, 0.15) is 17.2 Å². The molecule has 1 aliphatic heterocycles. The maximum atomic E-state index is 13.2. The Morgan fingerprint density at radius 2 is 1.94 bits per heavy atom. The molecule has 1 saturated heterocycles. The number of pyridine rings is 1. The number of rotatable bonds is 7. The molecule has 0 radical (unpaired) electrons.